The molecule has 1 aliphatic heterocycles. The molecule has 1 saturated heterocycles. The topological polar surface area (TPSA) is 113 Å². The molecule has 2 N–H and O–H groups in total. The molecule has 13 heteroatoms. The predicted octanol–water partition coefficient (Wildman–Crippen LogP) is 5.11. The molecule has 0 saturated carbocycles. The summed E-state index contributed by atoms with van der Waals surface area (Å²) in [5.41, 5.74) is 1.07. The molecule has 0 bridgehead atoms. The zero-order valence-corrected chi connectivity index (χ0v) is 23.0. The zero-order valence-electron chi connectivity index (χ0n) is 19.9. The van der Waals surface area contributed by atoms with Gasteiger partial charge in [-0.3, -0.25) is 9.52 Å². The minimum Gasteiger partial charge on any atom is -0.326 e. The maximum Gasteiger partial charge on any atom is 0.261 e. The first-order chi connectivity index (χ1) is 17.9. The van der Waals surface area contributed by atoms with Gasteiger partial charge in [0.05, 0.1) is 26.6 Å². The molecular weight excluding hydrogens is 576 g/mol. The van der Waals surface area contributed by atoms with Gasteiger partial charge in [-0.25, -0.2) is 25.5 Å². The average molecular weight is 601 g/mol. The Labute approximate surface area is 230 Å². The van der Waals surface area contributed by atoms with E-state index in [1.165, 1.54) is 52.8 Å². The van der Waals surface area contributed by atoms with E-state index in [2.05, 4.69) is 10.0 Å². The number of piperidine rings is 1. The third-order valence-electron chi connectivity index (χ3n) is 6.01. The molecule has 1 aliphatic rings. The molecule has 3 aromatic rings. The third-order valence-corrected chi connectivity index (χ3v) is 9.96. The lowest BCUT2D eigenvalue weighted by Gasteiger charge is -2.31. The van der Waals surface area contributed by atoms with E-state index in [9.17, 15) is 26.0 Å². The minimum absolute atomic E-state index is 0.0313. The van der Waals surface area contributed by atoms with Crippen molar-refractivity contribution in [3.05, 3.63) is 88.2 Å². The number of benzene rings is 3. The Morgan fingerprint density at radius 2 is 1.58 bits per heavy atom. The van der Waals surface area contributed by atoms with Gasteiger partial charge < -0.3 is 5.32 Å². The molecule has 8 nitrogen and oxygen atoms in total. The molecule has 0 aromatic heterocycles. The fraction of sp³-hybridized carbons (Fsp3) is 0.240. The van der Waals surface area contributed by atoms with E-state index < -0.39 is 31.8 Å². The van der Waals surface area contributed by atoms with E-state index in [1.807, 2.05) is 0 Å². The van der Waals surface area contributed by atoms with Gasteiger partial charge in [-0.15, -0.1) is 0 Å². The summed E-state index contributed by atoms with van der Waals surface area (Å²) < 4.78 is 67.9. The number of halogens is 3. The Balaban J connectivity index is 1.38. The lowest BCUT2D eigenvalue weighted by atomic mass is 9.99. The standard InChI is InChI=1S/C25H24Cl2FN3O5S2/c26-23-12-3-17(14-24(23)27)16-37(33,34)31-13-1-2-18(15-31)25(32)29-20-8-10-22(11-9-20)38(35,36)30-21-6-4-19(28)5-7-21/h3-12,14,18,30H,1-2,13,15-16H2,(H,29,32)/t18-/m0/s1. The molecule has 0 radical (unpaired) electrons. The van der Waals surface area contributed by atoms with E-state index in [0.29, 0.717) is 35.7 Å². The van der Waals surface area contributed by atoms with Crippen LogP contribution in [0.15, 0.2) is 71.6 Å². The highest BCUT2D eigenvalue weighted by Crippen LogP contribution is 2.27. The largest absolute Gasteiger partial charge is 0.326 e. The monoisotopic (exact) mass is 599 g/mol. The first-order valence-corrected chi connectivity index (χ1v) is 15.4. The predicted molar refractivity (Wildman–Crippen MR) is 146 cm³/mol. The van der Waals surface area contributed by atoms with Gasteiger partial charge in [-0.1, -0.05) is 29.3 Å². The minimum atomic E-state index is -3.92. The van der Waals surface area contributed by atoms with Gasteiger partial charge in [-0.05, 0) is 79.1 Å². The van der Waals surface area contributed by atoms with Crippen molar-refractivity contribution >= 4 is 60.5 Å². The fourth-order valence-corrected chi connectivity index (χ4v) is 7.01. The number of nitrogens with one attached hydrogen (secondary N) is 2. The van der Waals surface area contributed by atoms with Gasteiger partial charge in [0, 0.05) is 24.5 Å². The summed E-state index contributed by atoms with van der Waals surface area (Å²) in [7, 11) is -7.62. The molecule has 0 aliphatic carbocycles. The van der Waals surface area contributed by atoms with E-state index in [4.69, 9.17) is 23.2 Å². The fourth-order valence-electron chi connectivity index (χ4n) is 4.03. The molecular formula is C25H24Cl2FN3O5S2. The molecule has 38 heavy (non-hydrogen) atoms. The smallest absolute Gasteiger partial charge is 0.261 e. The maximum absolute atomic E-state index is 13.1. The van der Waals surface area contributed by atoms with Crippen LogP contribution in [0.25, 0.3) is 0 Å². The highest BCUT2D eigenvalue weighted by Gasteiger charge is 2.32. The molecule has 1 atom stereocenters. The zero-order chi connectivity index (χ0) is 27.5. The van der Waals surface area contributed by atoms with E-state index in [1.54, 1.807) is 6.07 Å². The van der Waals surface area contributed by atoms with Crippen LogP contribution in [-0.2, 0) is 30.6 Å². The van der Waals surface area contributed by atoms with Gasteiger partial charge in [-0.2, -0.15) is 0 Å². The number of anilines is 2. The molecule has 1 amide bonds. The molecule has 0 spiro atoms. The van der Waals surface area contributed by atoms with Gasteiger partial charge >= 0.3 is 0 Å². The summed E-state index contributed by atoms with van der Waals surface area (Å²) in [5, 5.41) is 3.33. The van der Waals surface area contributed by atoms with E-state index in [-0.39, 0.29) is 33.8 Å². The van der Waals surface area contributed by atoms with Crippen LogP contribution in [0.5, 0.6) is 0 Å². The van der Waals surface area contributed by atoms with E-state index in [0.717, 1.165) is 12.1 Å². The maximum atomic E-state index is 13.1. The molecule has 0 unspecified atom stereocenters. The average Bonchev–Trinajstić information content (AvgIpc) is 2.88. The van der Waals surface area contributed by atoms with Crippen molar-refractivity contribution in [2.75, 3.05) is 23.1 Å². The van der Waals surface area contributed by atoms with Gasteiger partial charge in [0.25, 0.3) is 10.0 Å². The summed E-state index contributed by atoms with van der Waals surface area (Å²) in [4.78, 5) is 12.9. The molecule has 1 fully saturated rings. The number of hydrogen-bond acceptors (Lipinski definition) is 5. The van der Waals surface area contributed by atoms with Crippen molar-refractivity contribution in [3.8, 4) is 0 Å². The van der Waals surface area contributed by atoms with Crippen LogP contribution in [0.3, 0.4) is 0 Å². The van der Waals surface area contributed by atoms with Crippen molar-refractivity contribution in [1.29, 1.82) is 0 Å². The SMILES string of the molecule is O=C(Nc1ccc(S(=O)(=O)Nc2ccc(F)cc2)cc1)[C@H]1CCCN(S(=O)(=O)Cc2ccc(Cl)c(Cl)c2)C1. The molecule has 3 aromatic carbocycles. The van der Waals surface area contributed by atoms with Gasteiger partial charge in [0.2, 0.25) is 15.9 Å². The normalized spacial score (nSPS) is 16.7. The second-order valence-corrected chi connectivity index (χ2v) is 13.3. The summed E-state index contributed by atoms with van der Waals surface area (Å²) >= 11 is 11.9. The summed E-state index contributed by atoms with van der Waals surface area (Å²) in [6.07, 6.45) is 1.03. The van der Waals surface area contributed by atoms with Gasteiger partial charge in [0.1, 0.15) is 5.82 Å². The van der Waals surface area contributed by atoms with Crippen LogP contribution in [0.4, 0.5) is 15.8 Å². The van der Waals surface area contributed by atoms with Crippen molar-refractivity contribution < 1.29 is 26.0 Å². The van der Waals surface area contributed by atoms with Crippen molar-refractivity contribution in [1.82, 2.24) is 4.31 Å². The number of amides is 1. The number of nitrogens with zero attached hydrogens (tertiary/aromatic N) is 1. The van der Waals surface area contributed by atoms with Crippen LogP contribution in [0.2, 0.25) is 10.0 Å². The van der Waals surface area contributed by atoms with Crippen LogP contribution in [0, 0.1) is 11.7 Å². The summed E-state index contributed by atoms with van der Waals surface area (Å²) in [6, 6.07) is 15.1. The van der Waals surface area contributed by atoms with Crippen LogP contribution in [-0.4, -0.2) is 40.1 Å². The first-order valence-electron chi connectivity index (χ1n) is 11.5. The highest BCUT2D eigenvalue weighted by atomic mass is 35.5. The van der Waals surface area contributed by atoms with Crippen molar-refractivity contribution in [2.45, 2.75) is 23.5 Å². The Morgan fingerprint density at radius 3 is 2.24 bits per heavy atom. The highest BCUT2D eigenvalue weighted by molar-refractivity contribution is 7.92. The second kappa shape index (κ2) is 11.6. The van der Waals surface area contributed by atoms with Crippen LogP contribution < -0.4 is 10.0 Å². The number of carbonyl (C=O) groups is 1. The summed E-state index contributed by atoms with van der Waals surface area (Å²) in [6.45, 7) is 0.338. The van der Waals surface area contributed by atoms with Crippen LogP contribution >= 0.6 is 23.2 Å². The lowest BCUT2D eigenvalue weighted by molar-refractivity contribution is -0.120. The van der Waals surface area contributed by atoms with E-state index >= 15 is 0 Å². The number of carbonyl (C=O) groups excluding carboxylic acids is 1. The lowest BCUT2D eigenvalue weighted by Crippen LogP contribution is -2.44. The Bertz CT molecular complexity index is 1530. The quantitative estimate of drug-likeness (QED) is 0.373. The number of sulfonamides is 2. The Kier molecular flexibility index (Phi) is 8.63. The third kappa shape index (κ3) is 7.03. The molecule has 4 rings (SSSR count). The Morgan fingerprint density at radius 1 is 0.921 bits per heavy atom. The van der Waals surface area contributed by atoms with Crippen LogP contribution in [0.1, 0.15) is 18.4 Å². The first kappa shape index (κ1) is 28.3. The van der Waals surface area contributed by atoms with Crippen molar-refractivity contribution in [3.63, 3.8) is 0 Å². The number of rotatable bonds is 8. The molecule has 1 heterocycles. The number of hydrogen-bond donors (Lipinski definition) is 2. The van der Waals surface area contributed by atoms with Crippen molar-refractivity contribution in [2.24, 2.45) is 5.92 Å². The van der Waals surface area contributed by atoms with Gasteiger partial charge in [0.15, 0.2) is 0 Å². The summed E-state index contributed by atoms with van der Waals surface area (Å²) in [5.74, 6) is -1.69. The molecule has 202 valence electrons. The second-order valence-electron chi connectivity index (χ2n) is 8.83. The Hall–Kier alpha value is -2.70.